The number of hydrogen-bond donors (Lipinski definition) is 1. The lowest BCUT2D eigenvalue weighted by Crippen LogP contribution is -2.30. The van der Waals surface area contributed by atoms with Gasteiger partial charge in [-0.3, -0.25) is 0 Å². The van der Waals surface area contributed by atoms with Crippen molar-refractivity contribution in [3.8, 4) is 6.07 Å². The molecule has 1 atom stereocenters. The quantitative estimate of drug-likeness (QED) is 0.851. The molecule has 0 bridgehead atoms. The third-order valence-electron chi connectivity index (χ3n) is 3.05. The number of hydrogen-bond acceptors (Lipinski definition) is 4. The second-order valence-electron chi connectivity index (χ2n) is 4.40. The van der Waals surface area contributed by atoms with Gasteiger partial charge in [0, 0.05) is 13.1 Å². The molecule has 1 fully saturated rings. The Labute approximate surface area is 106 Å². The molecule has 1 heterocycles. The molecule has 6 heteroatoms. The van der Waals surface area contributed by atoms with Crippen LogP contribution < -0.4 is 0 Å². The van der Waals surface area contributed by atoms with E-state index in [2.05, 4.69) is 0 Å². The Kier molecular flexibility index (Phi) is 3.39. The third kappa shape index (κ3) is 2.25. The van der Waals surface area contributed by atoms with Gasteiger partial charge in [-0.2, -0.15) is 9.57 Å². The minimum atomic E-state index is -3.56. The molecule has 1 aromatic rings. The number of aliphatic hydroxyl groups excluding tert-OH is 1. The molecular formula is C12H14N2O3S. The first-order valence-electron chi connectivity index (χ1n) is 5.64. The fourth-order valence-corrected chi connectivity index (χ4v) is 3.77. The standard InChI is InChI=1S/C12H14N2O3S/c1-9-6-10(7-13)2-3-12(9)18(16,17)14-5-4-11(15)8-14/h2-3,6,11,15H,4-5,8H2,1H3. The van der Waals surface area contributed by atoms with Crippen LogP contribution in [0.1, 0.15) is 17.5 Å². The van der Waals surface area contributed by atoms with Gasteiger partial charge in [-0.15, -0.1) is 0 Å². The van der Waals surface area contributed by atoms with Crippen LogP contribution in [0.3, 0.4) is 0 Å². The number of β-amino-alcohol motifs (C(OH)–C–C–N with tert-alkyl or cyclic N) is 1. The van der Waals surface area contributed by atoms with E-state index in [1.807, 2.05) is 6.07 Å². The molecule has 0 aliphatic carbocycles. The maximum absolute atomic E-state index is 12.3. The van der Waals surface area contributed by atoms with Crippen molar-refractivity contribution < 1.29 is 13.5 Å². The smallest absolute Gasteiger partial charge is 0.243 e. The van der Waals surface area contributed by atoms with Gasteiger partial charge >= 0.3 is 0 Å². The van der Waals surface area contributed by atoms with Crippen LogP contribution in [0.25, 0.3) is 0 Å². The molecule has 1 unspecified atom stereocenters. The van der Waals surface area contributed by atoms with Crippen molar-refractivity contribution in [2.24, 2.45) is 0 Å². The lowest BCUT2D eigenvalue weighted by atomic mass is 10.2. The zero-order valence-electron chi connectivity index (χ0n) is 10.00. The maximum atomic E-state index is 12.3. The second-order valence-corrected chi connectivity index (χ2v) is 6.30. The largest absolute Gasteiger partial charge is 0.392 e. The number of rotatable bonds is 2. The van der Waals surface area contributed by atoms with Gasteiger partial charge in [-0.05, 0) is 37.1 Å². The minimum absolute atomic E-state index is 0.141. The molecule has 0 aromatic heterocycles. The number of nitriles is 1. The first-order valence-corrected chi connectivity index (χ1v) is 7.08. The van der Waals surface area contributed by atoms with Gasteiger partial charge in [0.05, 0.1) is 22.6 Å². The molecule has 0 amide bonds. The van der Waals surface area contributed by atoms with E-state index in [1.165, 1.54) is 16.4 Å². The molecule has 1 aliphatic rings. The molecule has 0 spiro atoms. The summed E-state index contributed by atoms with van der Waals surface area (Å²) in [6.45, 7) is 2.14. The lowest BCUT2D eigenvalue weighted by molar-refractivity contribution is 0.189. The van der Waals surface area contributed by atoms with Crippen molar-refractivity contribution >= 4 is 10.0 Å². The Balaban J connectivity index is 2.39. The van der Waals surface area contributed by atoms with Crippen LogP contribution in [0.5, 0.6) is 0 Å². The summed E-state index contributed by atoms with van der Waals surface area (Å²) in [6.07, 6.45) is -0.118. The number of benzene rings is 1. The topological polar surface area (TPSA) is 81.4 Å². The van der Waals surface area contributed by atoms with E-state index < -0.39 is 16.1 Å². The summed E-state index contributed by atoms with van der Waals surface area (Å²) in [7, 11) is -3.56. The molecule has 0 saturated carbocycles. The average Bonchev–Trinajstić information content (AvgIpc) is 2.76. The highest BCUT2D eigenvalue weighted by molar-refractivity contribution is 7.89. The van der Waals surface area contributed by atoms with E-state index in [4.69, 9.17) is 5.26 Å². The summed E-state index contributed by atoms with van der Waals surface area (Å²) in [5.74, 6) is 0. The molecule has 5 nitrogen and oxygen atoms in total. The number of sulfonamides is 1. The summed E-state index contributed by atoms with van der Waals surface area (Å²) in [6, 6.07) is 6.47. The maximum Gasteiger partial charge on any atom is 0.243 e. The molecule has 1 saturated heterocycles. The zero-order chi connectivity index (χ0) is 13.3. The predicted octanol–water partition coefficient (Wildman–Crippen LogP) is 0.622. The highest BCUT2D eigenvalue weighted by Gasteiger charge is 2.32. The van der Waals surface area contributed by atoms with E-state index in [1.54, 1.807) is 13.0 Å². The van der Waals surface area contributed by atoms with Gasteiger partial charge in [0.25, 0.3) is 0 Å². The predicted molar refractivity (Wildman–Crippen MR) is 65.3 cm³/mol. The second kappa shape index (κ2) is 4.69. The van der Waals surface area contributed by atoms with Crippen LogP contribution in [-0.4, -0.2) is 37.0 Å². The Morgan fingerprint density at radius 3 is 2.72 bits per heavy atom. The molecule has 2 rings (SSSR count). The van der Waals surface area contributed by atoms with E-state index in [-0.39, 0.29) is 11.4 Å². The highest BCUT2D eigenvalue weighted by Crippen LogP contribution is 2.24. The molecule has 18 heavy (non-hydrogen) atoms. The van der Waals surface area contributed by atoms with Crippen LogP contribution in [0.4, 0.5) is 0 Å². The molecule has 0 radical (unpaired) electrons. The summed E-state index contributed by atoms with van der Waals surface area (Å²) in [4.78, 5) is 0.204. The van der Waals surface area contributed by atoms with E-state index in [9.17, 15) is 13.5 Å². The summed E-state index contributed by atoms with van der Waals surface area (Å²) < 4.78 is 25.9. The van der Waals surface area contributed by atoms with Gasteiger partial charge < -0.3 is 5.11 Å². The van der Waals surface area contributed by atoms with Crippen molar-refractivity contribution in [1.82, 2.24) is 4.31 Å². The summed E-state index contributed by atoms with van der Waals surface area (Å²) in [5, 5.41) is 18.2. The van der Waals surface area contributed by atoms with E-state index >= 15 is 0 Å². The van der Waals surface area contributed by atoms with Gasteiger partial charge in [0.15, 0.2) is 0 Å². The van der Waals surface area contributed by atoms with Crippen LogP contribution in [-0.2, 0) is 10.0 Å². The Morgan fingerprint density at radius 1 is 1.50 bits per heavy atom. The Bertz CT molecular complexity index is 604. The van der Waals surface area contributed by atoms with Crippen LogP contribution >= 0.6 is 0 Å². The highest BCUT2D eigenvalue weighted by atomic mass is 32.2. The van der Waals surface area contributed by atoms with Crippen molar-refractivity contribution in [1.29, 1.82) is 5.26 Å². The fraction of sp³-hybridized carbons (Fsp3) is 0.417. The number of aryl methyl sites for hydroxylation is 1. The summed E-state index contributed by atoms with van der Waals surface area (Å²) in [5.41, 5.74) is 0.989. The SMILES string of the molecule is Cc1cc(C#N)ccc1S(=O)(=O)N1CCC(O)C1. The fourth-order valence-electron chi connectivity index (χ4n) is 2.08. The van der Waals surface area contributed by atoms with Gasteiger partial charge in [0.1, 0.15) is 0 Å². The van der Waals surface area contributed by atoms with Crippen LogP contribution in [0, 0.1) is 18.3 Å². The van der Waals surface area contributed by atoms with Gasteiger partial charge in [0.2, 0.25) is 10.0 Å². The third-order valence-corrected chi connectivity index (χ3v) is 5.07. The Morgan fingerprint density at radius 2 is 2.22 bits per heavy atom. The van der Waals surface area contributed by atoms with Crippen LogP contribution in [0.15, 0.2) is 23.1 Å². The molecule has 1 N–H and O–H groups in total. The molecular weight excluding hydrogens is 252 g/mol. The summed E-state index contributed by atoms with van der Waals surface area (Å²) >= 11 is 0. The number of nitrogens with zero attached hydrogens (tertiary/aromatic N) is 2. The zero-order valence-corrected chi connectivity index (χ0v) is 10.8. The normalized spacial score (nSPS) is 20.8. The van der Waals surface area contributed by atoms with Crippen molar-refractivity contribution in [3.63, 3.8) is 0 Å². The Hall–Kier alpha value is -1.42. The molecule has 1 aliphatic heterocycles. The monoisotopic (exact) mass is 266 g/mol. The van der Waals surface area contributed by atoms with E-state index in [0.29, 0.717) is 24.1 Å². The van der Waals surface area contributed by atoms with Crippen LogP contribution in [0.2, 0.25) is 0 Å². The first kappa shape index (κ1) is 13.0. The van der Waals surface area contributed by atoms with Gasteiger partial charge in [-0.25, -0.2) is 8.42 Å². The van der Waals surface area contributed by atoms with Gasteiger partial charge in [-0.1, -0.05) is 0 Å². The average molecular weight is 266 g/mol. The van der Waals surface area contributed by atoms with Crippen molar-refractivity contribution in [2.45, 2.75) is 24.3 Å². The molecule has 1 aromatic carbocycles. The minimum Gasteiger partial charge on any atom is -0.392 e. The number of aliphatic hydroxyl groups is 1. The lowest BCUT2D eigenvalue weighted by Gasteiger charge is -2.17. The first-order chi connectivity index (χ1) is 8.45. The van der Waals surface area contributed by atoms with Crippen molar-refractivity contribution in [2.75, 3.05) is 13.1 Å². The van der Waals surface area contributed by atoms with Crippen molar-refractivity contribution in [3.05, 3.63) is 29.3 Å². The molecule has 96 valence electrons. The van der Waals surface area contributed by atoms with E-state index in [0.717, 1.165) is 0 Å².